The van der Waals surface area contributed by atoms with Crippen molar-refractivity contribution in [3.8, 4) is 0 Å². The first-order valence-corrected chi connectivity index (χ1v) is 8.73. The van der Waals surface area contributed by atoms with Gasteiger partial charge in [-0.2, -0.15) is 0 Å². The normalized spacial score (nSPS) is 12.9. The molecule has 0 unspecified atom stereocenters. The van der Waals surface area contributed by atoms with E-state index in [9.17, 15) is 8.42 Å². The van der Waals surface area contributed by atoms with Crippen molar-refractivity contribution in [2.45, 2.75) is 43.7 Å². The second-order valence-electron chi connectivity index (χ2n) is 5.78. The van der Waals surface area contributed by atoms with Gasteiger partial charge in [-0.1, -0.05) is 26.0 Å². The molecule has 0 saturated heterocycles. The van der Waals surface area contributed by atoms with Crippen molar-refractivity contribution in [3.05, 3.63) is 29.8 Å². The van der Waals surface area contributed by atoms with Crippen molar-refractivity contribution in [3.63, 3.8) is 0 Å². The molecule has 0 radical (unpaired) electrons. The molecule has 0 amide bonds. The molecule has 1 rings (SSSR count). The highest BCUT2D eigenvalue weighted by atomic mass is 32.2. The maximum absolute atomic E-state index is 12.3. The first-order chi connectivity index (χ1) is 9.72. The fraction of sp³-hybridized carbons (Fsp3) is 0.600. The van der Waals surface area contributed by atoms with Gasteiger partial charge in [0, 0.05) is 18.6 Å². The van der Waals surface area contributed by atoms with Crippen LogP contribution in [0.5, 0.6) is 0 Å². The third kappa shape index (κ3) is 5.39. The summed E-state index contributed by atoms with van der Waals surface area (Å²) >= 11 is 0. The Labute approximate surface area is 128 Å². The van der Waals surface area contributed by atoms with Crippen LogP contribution in [0.1, 0.15) is 32.3 Å². The predicted molar refractivity (Wildman–Crippen MR) is 86.5 cm³/mol. The number of nitrogens with two attached hydrogens (primary N) is 1. The average molecular weight is 313 g/mol. The van der Waals surface area contributed by atoms with Gasteiger partial charge in [0.05, 0.1) is 4.90 Å². The van der Waals surface area contributed by atoms with E-state index in [-0.39, 0.29) is 11.4 Å². The third-order valence-electron chi connectivity index (χ3n) is 3.75. The molecule has 0 heterocycles. The molecular weight excluding hydrogens is 286 g/mol. The molecule has 3 N–H and O–H groups in total. The van der Waals surface area contributed by atoms with Crippen LogP contribution in [0.15, 0.2) is 29.2 Å². The van der Waals surface area contributed by atoms with Crippen LogP contribution in [-0.2, 0) is 16.6 Å². The maximum Gasteiger partial charge on any atom is 0.240 e. The molecule has 0 bridgehead atoms. The first kappa shape index (κ1) is 18.1. The monoisotopic (exact) mass is 313 g/mol. The molecular formula is C15H27N3O2S. The van der Waals surface area contributed by atoms with Crippen molar-refractivity contribution in [2.75, 3.05) is 20.6 Å². The smallest absolute Gasteiger partial charge is 0.240 e. The molecule has 6 heteroatoms. The van der Waals surface area contributed by atoms with Crippen LogP contribution in [0.2, 0.25) is 0 Å². The van der Waals surface area contributed by atoms with Crippen molar-refractivity contribution in [2.24, 2.45) is 5.73 Å². The van der Waals surface area contributed by atoms with E-state index in [4.69, 9.17) is 5.73 Å². The molecule has 5 nitrogen and oxygen atoms in total. The van der Waals surface area contributed by atoms with E-state index in [2.05, 4.69) is 4.72 Å². The Morgan fingerprint density at radius 3 is 2.10 bits per heavy atom. The number of hydrogen-bond donors (Lipinski definition) is 2. The lowest BCUT2D eigenvalue weighted by Crippen LogP contribution is -2.49. The fourth-order valence-electron chi connectivity index (χ4n) is 1.96. The number of sulfonamides is 1. The summed E-state index contributed by atoms with van der Waals surface area (Å²) in [7, 11) is 0.447. The van der Waals surface area contributed by atoms with Crippen LogP contribution in [0.4, 0.5) is 0 Å². The zero-order valence-corrected chi connectivity index (χ0v) is 14.2. The highest BCUT2D eigenvalue weighted by Crippen LogP contribution is 2.14. The van der Waals surface area contributed by atoms with Gasteiger partial charge in [0.1, 0.15) is 0 Å². The van der Waals surface area contributed by atoms with Gasteiger partial charge < -0.3 is 10.6 Å². The van der Waals surface area contributed by atoms with Gasteiger partial charge in [-0.3, -0.25) is 0 Å². The van der Waals surface area contributed by atoms with Crippen LogP contribution in [0, 0.1) is 0 Å². The van der Waals surface area contributed by atoms with Crippen molar-refractivity contribution >= 4 is 10.0 Å². The summed E-state index contributed by atoms with van der Waals surface area (Å²) in [6.07, 6.45) is 1.46. The number of rotatable bonds is 8. The Hall–Kier alpha value is -0.950. The van der Waals surface area contributed by atoms with Crippen LogP contribution in [0.3, 0.4) is 0 Å². The van der Waals surface area contributed by atoms with Gasteiger partial charge in [-0.15, -0.1) is 0 Å². The number of benzene rings is 1. The summed E-state index contributed by atoms with van der Waals surface area (Å²) in [4.78, 5) is 2.31. The number of nitrogens with one attached hydrogen (secondary N) is 1. The quantitative estimate of drug-likeness (QED) is 0.763. The number of nitrogens with zero attached hydrogens (tertiary/aromatic N) is 1. The highest BCUT2D eigenvalue weighted by Gasteiger charge is 2.23. The maximum atomic E-state index is 12.3. The Morgan fingerprint density at radius 1 is 1.14 bits per heavy atom. The Bertz CT molecular complexity index is 535. The molecule has 0 saturated carbocycles. The second-order valence-corrected chi connectivity index (χ2v) is 7.54. The highest BCUT2D eigenvalue weighted by molar-refractivity contribution is 7.89. The van der Waals surface area contributed by atoms with Crippen molar-refractivity contribution in [1.82, 2.24) is 9.62 Å². The molecule has 0 aliphatic rings. The SMILES string of the molecule is CCC(N)(CC)CNS(=O)(=O)c1ccc(CN(C)C)cc1. The second kappa shape index (κ2) is 7.35. The Morgan fingerprint density at radius 2 is 1.67 bits per heavy atom. The zero-order chi connectivity index (χ0) is 16.1. The van der Waals surface area contributed by atoms with E-state index in [1.807, 2.05) is 45.0 Å². The molecule has 0 spiro atoms. The van der Waals surface area contributed by atoms with Crippen molar-refractivity contribution in [1.29, 1.82) is 0 Å². The van der Waals surface area contributed by atoms with Gasteiger partial charge in [0.15, 0.2) is 0 Å². The lowest BCUT2D eigenvalue weighted by molar-refractivity contribution is 0.391. The summed E-state index contributed by atoms with van der Waals surface area (Å²) in [5, 5.41) is 0. The van der Waals surface area contributed by atoms with Crippen LogP contribution >= 0.6 is 0 Å². The molecule has 1 aromatic rings. The van der Waals surface area contributed by atoms with E-state index in [0.29, 0.717) is 0 Å². The minimum Gasteiger partial charge on any atom is -0.324 e. The molecule has 120 valence electrons. The zero-order valence-electron chi connectivity index (χ0n) is 13.4. The van der Waals surface area contributed by atoms with Gasteiger partial charge in [0.25, 0.3) is 0 Å². The first-order valence-electron chi connectivity index (χ1n) is 7.24. The lowest BCUT2D eigenvalue weighted by atomic mass is 9.95. The van der Waals surface area contributed by atoms with E-state index >= 15 is 0 Å². The molecule has 0 fully saturated rings. The van der Waals surface area contributed by atoms with E-state index in [0.717, 1.165) is 24.9 Å². The topological polar surface area (TPSA) is 75.4 Å². The standard InChI is InChI=1S/C15H27N3O2S/c1-5-15(16,6-2)12-17-21(19,20)14-9-7-13(8-10-14)11-18(3)4/h7-10,17H,5-6,11-12,16H2,1-4H3. The average Bonchev–Trinajstić information content (AvgIpc) is 2.45. The molecule has 0 atom stereocenters. The third-order valence-corrected chi connectivity index (χ3v) is 5.17. The van der Waals surface area contributed by atoms with Gasteiger partial charge in [-0.05, 0) is 44.6 Å². The van der Waals surface area contributed by atoms with E-state index in [1.165, 1.54) is 0 Å². The van der Waals surface area contributed by atoms with E-state index in [1.54, 1.807) is 12.1 Å². The summed E-state index contributed by atoms with van der Waals surface area (Å²) in [5.41, 5.74) is 6.72. The van der Waals surface area contributed by atoms with Crippen molar-refractivity contribution < 1.29 is 8.42 Å². The minimum atomic E-state index is -3.50. The molecule has 0 aliphatic heterocycles. The van der Waals surface area contributed by atoms with Crippen LogP contribution in [-0.4, -0.2) is 39.5 Å². The Balaban J connectivity index is 2.79. The lowest BCUT2D eigenvalue weighted by Gasteiger charge is -2.26. The minimum absolute atomic E-state index is 0.252. The molecule has 0 aliphatic carbocycles. The summed E-state index contributed by atoms with van der Waals surface area (Å²) < 4.78 is 27.1. The fourth-order valence-corrected chi connectivity index (χ4v) is 3.10. The van der Waals surface area contributed by atoms with Gasteiger partial charge in [0.2, 0.25) is 10.0 Å². The molecule has 1 aromatic carbocycles. The summed E-state index contributed by atoms with van der Waals surface area (Å²) in [5.74, 6) is 0. The van der Waals surface area contributed by atoms with Gasteiger partial charge >= 0.3 is 0 Å². The summed E-state index contributed by atoms with van der Waals surface area (Å²) in [6, 6.07) is 6.95. The summed E-state index contributed by atoms with van der Waals surface area (Å²) in [6.45, 7) is 4.97. The number of hydrogen-bond acceptors (Lipinski definition) is 4. The molecule has 0 aromatic heterocycles. The molecule has 21 heavy (non-hydrogen) atoms. The largest absolute Gasteiger partial charge is 0.324 e. The van der Waals surface area contributed by atoms with Crippen LogP contribution < -0.4 is 10.5 Å². The van der Waals surface area contributed by atoms with Crippen LogP contribution in [0.25, 0.3) is 0 Å². The predicted octanol–water partition coefficient (Wildman–Crippen LogP) is 1.54. The van der Waals surface area contributed by atoms with E-state index < -0.39 is 15.6 Å². The van der Waals surface area contributed by atoms with Gasteiger partial charge in [-0.25, -0.2) is 13.1 Å². The Kier molecular flexibility index (Phi) is 6.34.